The van der Waals surface area contributed by atoms with Crippen LogP contribution in [0.2, 0.25) is 0 Å². The highest BCUT2D eigenvalue weighted by atomic mass is 19.1. The Morgan fingerprint density at radius 2 is 2.12 bits per heavy atom. The van der Waals surface area contributed by atoms with Crippen LogP contribution in [0.3, 0.4) is 0 Å². The minimum Gasteiger partial charge on any atom is -0.394 e. The molecule has 7 nitrogen and oxygen atoms in total. The molecular formula is C16H15F2N3O4. The second-order valence-corrected chi connectivity index (χ2v) is 5.68. The molecule has 0 amide bonds. The molecule has 0 bridgehead atoms. The fraction of sp³-hybridized carbons (Fsp3) is 0.312. The van der Waals surface area contributed by atoms with Crippen LogP contribution in [0.5, 0.6) is 0 Å². The zero-order chi connectivity index (χ0) is 18.2. The zero-order valence-electron chi connectivity index (χ0n) is 13.0. The smallest absolute Gasteiger partial charge is 0.352 e. The number of aromatic nitrogens is 2. The summed E-state index contributed by atoms with van der Waals surface area (Å²) in [6, 6.07) is 5.18. The number of Topliss-reactive ketones (excluding diaryl/α,β-unsaturated/α-hetero) is 1. The monoisotopic (exact) mass is 351 g/mol. The van der Waals surface area contributed by atoms with E-state index in [-0.39, 0.29) is 18.4 Å². The Balaban J connectivity index is 2.19. The van der Waals surface area contributed by atoms with Gasteiger partial charge in [0.2, 0.25) is 11.5 Å². The highest BCUT2D eigenvalue weighted by Crippen LogP contribution is 2.37. The van der Waals surface area contributed by atoms with Crippen LogP contribution in [-0.4, -0.2) is 33.2 Å². The van der Waals surface area contributed by atoms with Gasteiger partial charge in [-0.2, -0.15) is 4.98 Å². The lowest BCUT2D eigenvalue weighted by Crippen LogP contribution is -2.49. The van der Waals surface area contributed by atoms with Crippen molar-refractivity contribution in [3.05, 3.63) is 58.1 Å². The number of anilines is 1. The van der Waals surface area contributed by atoms with E-state index in [4.69, 9.17) is 10.5 Å². The molecule has 9 heteroatoms. The van der Waals surface area contributed by atoms with Crippen molar-refractivity contribution in [2.75, 3.05) is 12.3 Å². The molecule has 0 saturated carbocycles. The Hall–Kier alpha value is -2.65. The third kappa shape index (κ3) is 2.81. The van der Waals surface area contributed by atoms with Gasteiger partial charge in [0.1, 0.15) is 5.82 Å². The number of rotatable bonds is 4. The molecule has 2 heterocycles. The van der Waals surface area contributed by atoms with Crippen molar-refractivity contribution in [1.29, 1.82) is 0 Å². The van der Waals surface area contributed by atoms with Gasteiger partial charge >= 0.3 is 5.69 Å². The summed E-state index contributed by atoms with van der Waals surface area (Å²) in [6.07, 6.45) is 0.109. The molecule has 0 unspecified atom stereocenters. The summed E-state index contributed by atoms with van der Waals surface area (Å²) in [6.45, 7) is -0.411. The number of ether oxygens (including phenoxy) is 1. The number of benzene rings is 1. The minimum absolute atomic E-state index is 0.0592. The van der Waals surface area contributed by atoms with Gasteiger partial charge < -0.3 is 15.6 Å². The lowest BCUT2D eigenvalue weighted by atomic mass is 9.96. The molecule has 1 aliphatic rings. The summed E-state index contributed by atoms with van der Waals surface area (Å²) in [5, 5.41) is 9.31. The average molecular weight is 351 g/mol. The fourth-order valence-electron chi connectivity index (χ4n) is 2.89. The van der Waals surface area contributed by atoms with Gasteiger partial charge in [-0.3, -0.25) is 9.36 Å². The summed E-state index contributed by atoms with van der Waals surface area (Å²) in [5.74, 6) is -3.31. The van der Waals surface area contributed by atoms with Crippen molar-refractivity contribution in [3.8, 4) is 0 Å². The van der Waals surface area contributed by atoms with E-state index in [0.29, 0.717) is 10.8 Å². The van der Waals surface area contributed by atoms with Crippen molar-refractivity contribution in [1.82, 2.24) is 9.55 Å². The predicted molar refractivity (Wildman–Crippen MR) is 82.8 cm³/mol. The number of nitrogens with zero attached hydrogens (tertiary/aromatic N) is 2. The number of hydrogen-bond acceptors (Lipinski definition) is 6. The van der Waals surface area contributed by atoms with Crippen LogP contribution in [0.15, 0.2) is 35.3 Å². The Kier molecular flexibility index (Phi) is 4.36. The minimum atomic E-state index is -2.01. The number of carbonyl (C=O) groups excluding carboxylic acids is 1. The first kappa shape index (κ1) is 17.2. The van der Waals surface area contributed by atoms with Gasteiger partial charge in [0, 0.05) is 6.42 Å². The molecule has 1 aromatic heterocycles. The van der Waals surface area contributed by atoms with Gasteiger partial charge in [-0.25, -0.2) is 13.6 Å². The van der Waals surface area contributed by atoms with E-state index in [0.717, 1.165) is 6.07 Å². The SMILES string of the molecule is Nc1nc(=O)n([C@@]2(C(=O)c3ccccc3F)CC[C@@H](CO)O2)cc1F. The molecule has 25 heavy (non-hydrogen) atoms. The van der Waals surface area contributed by atoms with Crippen molar-refractivity contribution >= 4 is 11.6 Å². The van der Waals surface area contributed by atoms with Crippen LogP contribution in [0.1, 0.15) is 23.2 Å². The maximum Gasteiger partial charge on any atom is 0.352 e. The summed E-state index contributed by atoms with van der Waals surface area (Å²) < 4.78 is 34.2. The molecule has 3 rings (SSSR count). The molecule has 132 valence electrons. The number of carbonyl (C=O) groups is 1. The number of ketones is 1. The number of hydrogen-bond donors (Lipinski definition) is 2. The topological polar surface area (TPSA) is 107 Å². The molecule has 2 aromatic rings. The molecule has 1 aromatic carbocycles. The molecule has 2 atom stereocenters. The molecule has 1 aliphatic heterocycles. The Morgan fingerprint density at radius 3 is 2.76 bits per heavy atom. The molecule has 3 N–H and O–H groups in total. The van der Waals surface area contributed by atoms with Crippen molar-refractivity contribution in [2.45, 2.75) is 24.7 Å². The molecular weight excluding hydrogens is 336 g/mol. The zero-order valence-corrected chi connectivity index (χ0v) is 13.0. The van der Waals surface area contributed by atoms with E-state index < -0.39 is 47.4 Å². The lowest BCUT2D eigenvalue weighted by Gasteiger charge is -2.30. The third-order valence-electron chi connectivity index (χ3n) is 4.14. The normalized spacial score (nSPS) is 22.9. The fourth-order valence-corrected chi connectivity index (χ4v) is 2.89. The Labute approximate surface area is 140 Å². The summed E-state index contributed by atoms with van der Waals surface area (Å²) in [4.78, 5) is 28.6. The molecule has 1 fully saturated rings. The number of aliphatic hydroxyl groups excluding tert-OH is 1. The summed E-state index contributed by atoms with van der Waals surface area (Å²) in [7, 11) is 0. The van der Waals surface area contributed by atoms with Crippen LogP contribution in [0, 0.1) is 11.6 Å². The van der Waals surface area contributed by atoms with E-state index in [1.54, 1.807) is 0 Å². The van der Waals surface area contributed by atoms with Gasteiger partial charge in [0.25, 0.3) is 0 Å². The van der Waals surface area contributed by atoms with E-state index in [1.807, 2.05) is 0 Å². The molecule has 0 radical (unpaired) electrons. The number of nitrogens with two attached hydrogens (primary N) is 1. The highest BCUT2D eigenvalue weighted by Gasteiger charge is 2.50. The van der Waals surface area contributed by atoms with Crippen molar-refractivity contribution < 1.29 is 23.4 Å². The van der Waals surface area contributed by atoms with Crippen LogP contribution in [-0.2, 0) is 10.5 Å². The molecule has 1 saturated heterocycles. The first-order chi connectivity index (χ1) is 11.9. The van der Waals surface area contributed by atoms with Crippen LogP contribution in [0.4, 0.5) is 14.6 Å². The third-order valence-corrected chi connectivity index (χ3v) is 4.14. The van der Waals surface area contributed by atoms with Crippen LogP contribution < -0.4 is 11.4 Å². The first-order valence-electron chi connectivity index (χ1n) is 7.52. The largest absolute Gasteiger partial charge is 0.394 e. The summed E-state index contributed by atoms with van der Waals surface area (Å²) in [5.41, 5.74) is 1.94. The van der Waals surface area contributed by atoms with Gasteiger partial charge in [-0.05, 0) is 18.6 Å². The van der Waals surface area contributed by atoms with Crippen LogP contribution in [0.25, 0.3) is 0 Å². The van der Waals surface area contributed by atoms with Crippen molar-refractivity contribution in [2.24, 2.45) is 0 Å². The summed E-state index contributed by atoms with van der Waals surface area (Å²) >= 11 is 0. The van der Waals surface area contributed by atoms with E-state index in [1.165, 1.54) is 18.2 Å². The lowest BCUT2D eigenvalue weighted by molar-refractivity contribution is -0.0858. The predicted octanol–water partition coefficient (Wildman–Crippen LogP) is 0.811. The van der Waals surface area contributed by atoms with Gasteiger partial charge in [-0.15, -0.1) is 0 Å². The number of nitrogen functional groups attached to an aromatic ring is 1. The Morgan fingerprint density at radius 1 is 1.40 bits per heavy atom. The first-order valence-corrected chi connectivity index (χ1v) is 7.52. The molecule has 0 spiro atoms. The van der Waals surface area contributed by atoms with Crippen LogP contribution >= 0.6 is 0 Å². The Bertz CT molecular complexity index is 886. The number of halogens is 2. The second-order valence-electron chi connectivity index (χ2n) is 5.68. The standard InChI is InChI=1S/C16H15F2N3O4/c17-11-4-2-1-3-10(11)13(23)16(6-5-9(8-22)25-16)21-7-12(18)14(19)20-15(21)24/h1-4,7,9,22H,5-6,8H2,(H2,19,20,24)/t9-,16-/m0/s1. The van der Waals surface area contributed by atoms with Gasteiger partial charge in [0.05, 0.1) is 24.5 Å². The molecule has 0 aliphatic carbocycles. The van der Waals surface area contributed by atoms with Gasteiger partial charge in [-0.1, -0.05) is 12.1 Å². The maximum atomic E-state index is 14.1. The highest BCUT2D eigenvalue weighted by molar-refractivity contribution is 6.01. The second kappa shape index (κ2) is 6.34. The van der Waals surface area contributed by atoms with Crippen molar-refractivity contribution in [3.63, 3.8) is 0 Å². The van der Waals surface area contributed by atoms with E-state index in [2.05, 4.69) is 4.98 Å². The quantitative estimate of drug-likeness (QED) is 0.790. The van der Waals surface area contributed by atoms with E-state index >= 15 is 0 Å². The maximum absolute atomic E-state index is 14.1. The average Bonchev–Trinajstić information content (AvgIpc) is 3.03. The van der Waals surface area contributed by atoms with Gasteiger partial charge in [0.15, 0.2) is 11.6 Å². The van der Waals surface area contributed by atoms with E-state index in [9.17, 15) is 23.5 Å². The number of aliphatic hydroxyl groups is 1.